The highest BCUT2D eigenvalue weighted by Gasteiger charge is 2.24. The normalized spacial score (nSPS) is 10.5. The van der Waals surface area contributed by atoms with Crippen LogP contribution in [0, 0.1) is 0 Å². The molecule has 0 radical (unpaired) electrons. The lowest BCUT2D eigenvalue weighted by atomic mass is 10.3. The summed E-state index contributed by atoms with van der Waals surface area (Å²) < 4.78 is 0.275. The number of likely N-dealkylation sites (N-methyl/N-ethyl adjacent to an activating group) is 1. The number of hydrogen-bond acceptors (Lipinski definition) is 4. The van der Waals surface area contributed by atoms with Crippen molar-refractivity contribution in [2.45, 2.75) is 0 Å². The van der Waals surface area contributed by atoms with E-state index in [1.807, 2.05) is 74.8 Å². The van der Waals surface area contributed by atoms with Gasteiger partial charge in [-0.3, -0.25) is 9.59 Å². The van der Waals surface area contributed by atoms with Gasteiger partial charge in [0.15, 0.2) is 13.1 Å². The SMILES string of the molecule is C[N+](C)(CC(=O)Nc1ccccc1)CC(=O)Nc1ccccc1.O=C(O)/C=C/C(=O)O. The molecule has 2 rings (SSSR count). The van der Waals surface area contributed by atoms with Crippen LogP contribution >= 0.6 is 0 Å². The highest BCUT2D eigenvalue weighted by Crippen LogP contribution is 2.08. The van der Waals surface area contributed by atoms with E-state index < -0.39 is 11.9 Å². The van der Waals surface area contributed by atoms with Gasteiger partial charge in [-0.05, 0) is 24.3 Å². The Morgan fingerprint density at radius 1 is 0.710 bits per heavy atom. The van der Waals surface area contributed by atoms with Crippen LogP contribution in [0.3, 0.4) is 0 Å². The molecule has 0 aliphatic heterocycles. The van der Waals surface area contributed by atoms with Crippen LogP contribution in [0.4, 0.5) is 11.4 Å². The van der Waals surface area contributed by atoms with Crippen molar-refractivity contribution in [3.63, 3.8) is 0 Å². The maximum absolute atomic E-state index is 12.1. The first kappa shape index (κ1) is 25.1. The predicted octanol–water partition coefficient (Wildman–Crippen LogP) is 2.05. The molecule has 0 spiro atoms. The molecule has 0 unspecified atom stereocenters. The minimum atomic E-state index is -1.26. The molecule has 0 fully saturated rings. The Kier molecular flexibility index (Phi) is 10.1. The second-order valence-electron chi connectivity index (χ2n) is 7.09. The first-order chi connectivity index (χ1) is 14.6. The number of anilines is 2. The third-order valence-electron chi connectivity index (χ3n) is 3.63. The molecule has 164 valence electrons. The molecule has 0 saturated carbocycles. The molecule has 2 amide bonds. The number of carboxylic acids is 2. The smallest absolute Gasteiger partial charge is 0.328 e. The van der Waals surface area contributed by atoms with Gasteiger partial charge in [0.1, 0.15) is 0 Å². The molecule has 4 N–H and O–H groups in total. The molecule has 2 aromatic rings. The zero-order valence-electron chi connectivity index (χ0n) is 17.3. The number of para-hydroxylation sites is 2. The largest absolute Gasteiger partial charge is 0.478 e. The molecule has 2 aromatic carbocycles. The lowest BCUT2D eigenvalue weighted by molar-refractivity contribution is -0.874. The van der Waals surface area contributed by atoms with E-state index in [2.05, 4.69) is 10.6 Å². The molecule has 0 heterocycles. The average molecular weight is 428 g/mol. The molecule has 0 aromatic heterocycles. The highest BCUT2D eigenvalue weighted by atomic mass is 16.4. The molecule has 0 atom stereocenters. The number of benzene rings is 2. The molecular weight excluding hydrogens is 402 g/mol. The van der Waals surface area contributed by atoms with Crippen molar-refractivity contribution in [2.24, 2.45) is 0 Å². The number of aliphatic carboxylic acids is 2. The van der Waals surface area contributed by atoms with Gasteiger partial charge < -0.3 is 25.3 Å². The Morgan fingerprint density at radius 2 is 1.03 bits per heavy atom. The van der Waals surface area contributed by atoms with Gasteiger partial charge in [0, 0.05) is 23.5 Å². The van der Waals surface area contributed by atoms with Crippen LogP contribution in [0.25, 0.3) is 0 Å². The third-order valence-corrected chi connectivity index (χ3v) is 3.63. The molecule has 0 bridgehead atoms. The summed E-state index contributed by atoms with van der Waals surface area (Å²) >= 11 is 0. The predicted molar refractivity (Wildman–Crippen MR) is 116 cm³/mol. The van der Waals surface area contributed by atoms with Crippen LogP contribution in [0.15, 0.2) is 72.8 Å². The number of nitrogens with one attached hydrogen (secondary N) is 2. The first-order valence-electron chi connectivity index (χ1n) is 9.23. The molecule has 31 heavy (non-hydrogen) atoms. The van der Waals surface area contributed by atoms with Gasteiger partial charge in [-0.25, -0.2) is 9.59 Å². The van der Waals surface area contributed by atoms with Crippen LogP contribution in [0.2, 0.25) is 0 Å². The van der Waals surface area contributed by atoms with E-state index in [9.17, 15) is 19.2 Å². The monoisotopic (exact) mass is 428 g/mol. The Bertz CT molecular complexity index is 838. The van der Waals surface area contributed by atoms with E-state index in [-0.39, 0.29) is 29.4 Å². The third kappa shape index (κ3) is 12.2. The molecule has 0 aliphatic carbocycles. The minimum Gasteiger partial charge on any atom is -0.478 e. The van der Waals surface area contributed by atoms with Gasteiger partial charge >= 0.3 is 11.9 Å². The maximum Gasteiger partial charge on any atom is 0.328 e. The zero-order chi connectivity index (χ0) is 23.3. The van der Waals surface area contributed by atoms with Crippen molar-refractivity contribution >= 4 is 35.1 Å². The van der Waals surface area contributed by atoms with Crippen molar-refractivity contribution < 1.29 is 33.9 Å². The fraction of sp³-hybridized carbons (Fsp3) is 0.182. The van der Waals surface area contributed by atoms with E-state index >= 15 is 0 Å². The van der Waals surface area contributed by atoms with Gasteiger partial charge in [-0.1, -0.05) is 36.4 Å². The van der Waals surface area contributed by atoms with E-state index in [1.54, 1.807) is 0 Å². The Balaban J connectivity index is 0.000000512. The molecule has 9 heteroatoms. The summed E-state index contributed by atoms with van der Waals surface area (Å²) in [4.78, 5) is 43.3. The number of carbonyl (C=O) groups is 4. The number of rotatable bonds is 8. The van der Waals surface area contributed by atoms with E-state index in [4.69, 9.17) is 10.2 Å². The van der Waals surface area contributed by atoms with Crippen molar-refractivity contribution in [3.05, 3.63) is 72.8 Å². The Hall–Kier alpha value is -3.98. The number of nitrogens with zero attached hydrogens (tertiary/aromatic N) is 1. The van der Waals surface area contributed by atoms with Gasteiger partial charge in [0.25, 0.3) is 11.8 Å². The van der Waals surface area contributed by atoms with Crippen molar-refractivity contribution in [2.75, 3.05) is 37.8 Å². The average Bonchev–Trinajstić information content (AvgIpc) is 2.67. The second-order valence-corrected chi connectivity index (χ2v) is 7.09. The number of quaternary nitrogens is 1. The number of carbonyl (C=O) groups excluding carboxylic acids is 2. The fourth-order valence-electron chi connectivity index (χ4n) is 2.42. The summed E-state index contributed by atoms with van der Waals surface area (Å²) in [6.07, 6.45) is 1.12. The van der Waals surface area contributed by atoms with Gasteiger partial charge in [0.2, 0.25) is 0 Å². The molecule has 0 aliphatic rings. The summed E-state index contributed by atoms with van der Waals surface area (Å²) in [6, 6.07) is 18.6. The van der Waals surface area contributed by atoms with Crippen LogP contribution in [0.5, 0.6) is 0 Å². The van der Waals surface area contributed by atoms with Crippen molar-refractivity contribution in [3.8, 4) is 0 Å². The zero-order valence-corrected chi connectivity index (χ0v) is 17.3. The van der Waals surface area contributed by atoms with Crippen LogP contribution in [-0.2, 0) is 19.2 Å². The van der Waals surface area contributed by atoms with E-state index in [1.165, 1.54) is 0 Å². The topological polar surface area (TPSA) is 133 Å². The minimum absolute atomic E-state index is 0.117. The summed E-state index contributed by atoms with van der Waals surface area (Å²) in [5.74, 6) is -2.75. The van der Waals surface area contributed by atoms with Crippen molar-refractivity contribution in [1.82, 2.24) is 0 Å². The maximum atomic E-state index is 12.1. The highest BCUT2D eigenvalue weighted by molar-refractivity contribution is 5.93. The van der Waals surface area contributed by atoms with Crippen molar-refractivity contribution in [1.29, 1.82) is 0 Å². The lowest BCUT2D eigenvalue weighted by Crippen LogP contribution is -2.49. The Morgan fingerprint density at radius 3 is 1.32 bits per heavy atom. The lowest BCUT2D eigenvalue weighted by Gasteiger charge is -2.28. The van der Waals surface area contributed by atoms with Gasteiger partial charge in [-0.2, -0.15) is 0 Å². The van der Waals surface area contributed by atoms with E-state index in [0.29, 0.717) is 12.2 Å². The van der Waals surface area contributed by atoms with Crippen LogP contribution in [-0.4, -0.2) is 65.6 Å². The number of carboxylic acid groups (broad SMARTS) is 2. The number of hydrogen-bond donors (Lipinski definition) is 4. The van der Waals surface area contributed by atoms with Crippen LogP contribution < -0.4 is 10.6 Å². The van der Waals surface area contributed by atoms with Crippen LogP contribution in [0.1, 0.15) is 0 Å². The summed E-state index contributed by atoms with van der Waals surface area (Å²) in [6.45, 7) is 0.439. The standard InChI is InChI=1S/C18H21N3O2.C4H4O4/c1-21(2,13-17(22)19-15-9-5-3-6-10-15)14-18(23)20-16-11-7-4-8-12-16;5-3(6)1-2-4(7)8/h3-12H,13-14H2,1-2H3,(H-,19,20,22,23);1-2H,(H,5,6)(H,7,8)/p+1/b;2-1+. The Labute approximate surface area is 180 Å². The van der Waals surface area contributed by atoms with Gasteiger partial charge in [-0.15, -0.1) is 0 Å². The fourth-order valence-corrected chi connectivity index (χ4v) is 2.42. The summed E-state index contributed by atoms with van der Waals surface area (Å²) in [5.41, 5.74) is 1.51. The number of amides is 2. The van der Waals surface area contributed by atoms with Gasteiger partial charge in [0.05, 0.1) is 14.1 Å². The molecular formula is C22H26N3O6+. The first-order valence-corrected chi connectivity index (χ1v) is 9.23. The summed E-state index contributed by atoms with van der Waals surface area (Å²) in [7, 11) is 3.71. The second kappa shape index (κ2) is 12.6. The molecule has 9 nitrogen and oxygen atoms in total. The van der Waals surface area contributed by atoms with E-state index in [0.717, 1.165) is 11.4 Å². The molecule has 0 saturated heterocycles. The summed E-state index contributed by atoms with van der Waals surface area (Å²) in [5, 5.41) is 21.3. The quantitative estimate of drug-likeness (QED) is 0.376.